The molecule has 272 valence electrons. The van der Waals surface area contributed by atoms with Gasteiger partial charge in [-0.05, 0) is 81.5 Å². The van der Waals surface area contributed by atoms with Crippen LogP contribution in [0.3, 0.4) is 0 Å². The molecule has 1 unspecified atom stereocenters. The van der Waals surface area contributed by atoms with E-state index in [0.29, 0.717) is 60.4 Å². The number of likely N-dealkylation sites (tertiary alicyclic amines) is 1. The number of aromatic amines is 1. The molecule has 1 aliphatic heterocycles. The molecule has 1 aliphatic carbocycles. The molecule has 12 nitrogen and oxygen atoms in total. The zero-order valence-electron chi connectivity index (χ0n) is 28.9. The normalized spacial score (nSPS) is 16.8. The first-order chi connectivity index (χ1) is 25.2. The van der Waals surface area contributed by atoms with Crippen LogP contribution in [0.4, 0.5) is 18.9 Å². The first-order valence-electron chi connectivity index (χ1n) is 17.1. The maximum Gasteiger partial charge on any atom is 0.416 e. The first-order valence-corrected chi connectivity index (χ1v) is 17.5. The molecule has 2 aliphatic rings. The van der Waals surface area contributed by atoms with Gasteiger partial charge in [-0.15, -0.1) is 5.10 Å². The van der Waals surface area contributed by atoms with E-state index in [4.69, 9.17) is 16.6 Å². The number of H-pyrrole nitrogens is 1. The van der Waals surface area contributed by atoms with Crippen molar-refractivity contribution in [2.75, 3.05) is 18.4 Å². The van der Waals surface area contributed by atoms with Crippen LogP contribution in [0.25, 0.3) is 28.1 Å². The molecule has 1 saturated heterocycles. The van der Waals surface area contributed by atoms with E-state index in [1.165, 1.54) is 4.52 Å². The number of carbonyl (C=O) groups is 2. The van der Waals surface area contributed by atoms with Crippen LogP contribution in [0, 0.1) is 13.8 Å². The number of halogens is 4. The number of carbonyl (C=O) groups excluding carboxylic acids is 2. The monoisotopic (exact) mass is 743 g/mol. The average Bonchev–Trinajstić information content (AvgIpc) is 3.84. The average molecular weight is 744 g/mol. The molecule has 2 amide bonds. The summed E-state index contributed by atoms with van der Waals surface area (Å²) in [6.07, 6.45) is 0.361. The molecule has 0 saturated carbocycles. The Balaban J connectivity index is 1.18. The minimum absolute atomic E-state index is 0.00866. The van der Waals surface area contributed by atoms with Crippen LogP contribution in [0.15, 0.2) is 59.7 Å². The number of benzene rings is 1. The van der Waals surface area contributed by atoms with E-state index in [-0.39, 0.29) is 46.2 Å². The van der Waals surface area contributed by atoms with Crippen LogP contribution >= 0.6 is 11.6 Å². The van der Waals surface area contributed by atoms with Gasteiger partial charge in [0.05, 0.1) is 21.8 Å². The topological polar surface area (TPSA) is 143 Å². The van der Waals surface area contributed by atoms with Gasteiger partial charge < -0.3 is 19.8 Å². The van der Waals surface area contributed by atoms with Crippen molar-refractivity contribution in [2.24, 2.45) is 0 Å². The number of alkyl halides is 3. The zero-order valence-corrected chi connectivity index (χ0v) is 29.6. The van der Waals surface area contributed by atoms with Crippen molar-refractivity contribution in [2.45, 2.75) is 64.1 Å². The molecule has 16 heteroatoms. The van der Waals surface area contributed by atoms with Gasteiger partial charge in [-0.1, -0.05) is 18.5 Å². The van der Waals surface area contributed by atoms with Gasteiger partial charge in [0, 0.05) is 64.5 Å². The van der Waals surface area contributed by atoms with Crippen LogP contribution < -0.4 is 10.9 Å². The van der Waals surface area contributed by atoms with Gasteiger partial charge >= 0.3 is 6.18 Å². The molecule has 1 aromatic carbocycles. The molecule has 6 aromatic rings. The Morgan fingerprint density at radius 3 is 2.49 bits per heavy atom. The molecule has 0 radical (unpaired) electrons. The zero-order chi connectivity index (χ0) is 37.4. The van der Waals surface area contributed by atoms with Crippen LogP contribution in [0.5, 0.6) is 0 Å². The van der Waals surface area contributed by atoms with Gasteiger partial charge in [-0.25, -0.2) is 4.98 Å². The molecular formula is C37H33ClF3N9O3. The van der Waals surface area contributed by atoms with E-state index in [9.17, 15) is 27.6 Å². The molecule has 53 heavy (non-hydrogen) atoms. The molecule has 6 heterocycles. The van der Waals surface area contributed by atoms with Crippen molar-refractivity contribution in [1.29, 1.82) is 0 Å². The second kappa shape index (κ2) is 12.5. The number of rotatable bonds is 5. The van der Waals surface area contributed by atoms with Gasteiger partial charge in [0.2, 0.25) is 11.7 Å². The van der Waals surface area contributed by atoms with Crippen molar-refractivity contribution in [3.63, 3.8) is 0 Å². The number of aromatic nitrogens is 7. The fraction of sp³-hybridized carbons (Fsp3) is 0.324. The molecule has 1 atom stereocenters. The van der Waals surface area contributed by atoms with Crippen LogP contribution in [0.1, 0.15) is 70.8 Å². The lowest BCUT2D eigenvalue weighted by molar-refractivity contribution is -0.137. The maximum absolute atomic E-state index is 14.6. The Morgan fingerprint density at radius 1 is 1.06 bits per heavy atom. The first kappa shape index (κ1) is 34.5. The summed E-state index contributed by atoms with van der Waals surface area (Å²) in [5.74, 6) is -0.556. The highest BCUT2D eigenvalue weighted by Gasteiger charge is 2.49. The van der Waals surface area contributed by atoms with Crippen LogP contribution in [0.2, 0.25) is 5.02 Å². The highest BCUT2D eigenvalue weighted by molar-refractivity contribution is 6.33. The lowest BCUT2D eigenvalue weighted by atomic mass is 9.73. The van der Waals surface area contributed by atoms with Gasteiger partial charge in [0.25, 0.3) is 11.5 Å². The Hall–Kier alpha value is -5.57. The predicted octanol–water partition coefficient (Wildman–Crippen LogP) is 6.44. The Labute approximate surface area is 305 Å². The van der Waals surface area contributed by atoms with Gasteiger partial charge in [0.1, 0.15) is 6.54 Å². The Bertz CT molecular complexity index is 2510. The third-order valence-electron chi connectivity index (χ3n) is 10.4. The number of fused-ring (bicyclic) bond motifs is 4. The van der Waals surface area contributed by atoms with E-state index < -0.39 is 23.1 Å². The number of pyridine rings is 2. The predicted molar refractivity (Wildman–Crippen MR) is 191 cm³/mol. The third-order valence-corrected chi connectivity index (χ3v) is 10.7. The highest BCUT2D eigenvalue weighted by atomic mass is 35.5. The minimum atomic E-state index is -4.60. The third kappa shape index (κ3) is 5.92. The summed E-state index contributed by atoms with van der Waals surface area (Å²) in [5.41, 5.74) is 2.38. The molecular weight excluding hydrogens is 711 g/mol. The van der Waals surface area contributed by atoms with Crippen molar-refractivity contribution >= 4 is 45.8 Å². The molecule has 1 fully saturated rings. The smallest absolute Gasteiger partial charge is 0.359 e. The maximum atomic E-state index is 14.6. The number of piperidine rings is 1. The number of anilines is 1. The summed E-state index contributed by atoms with van der Waals surface area (Å²) in [4.78, 5) is 60.4. The molecule has 2 N–H and O–H groups in total. The van der Waals surface area contributed by atoms with Crippen LogP contribution in [-0.2, 0) is 22.9 Å². The Kier molecular flexibility index (Phi) is 8.16. The number of hydrogen-bond donors (Lipinski definition) is 2. The van der Waals surface area contributed by atoms with Crippen molar-refractivity contribution in [3.05, 3.63) is 104 Å². The molecule has 0 bridgehead atoms. The number of aryl methyl sites for hydroxylation is 2. The SMILES string of the molecule is Cc1cc(-c2nc3n(CC(=O)Nc4ccc(C(F)(F)F)cc4Cl)c4c(c(=O)n3n2)C2(CCN(C(=O)c3nccc5cc[nH]c35)CC2)CC4C)cc(C)n1. The van der Waals surface area contributed by atoms with Gasteiger partial charge in [-0.2, -0.15) is 22.7 Å². The lowest BCUT2D eigenvalue weighted by Gasteiger charge is -2.39. The summed E-state index contributed by atoms with van der Waals surface area (Å²) >= 11 is 6.18. The minimum Gasteiger partial charge on any atom is -0.359 e. The number of nitrogens with one attached hydrogen (secondary N) is 2. The second-order valence-electron chi connectivity index (χ2n) is 14.0. The van der Waals surface area contributed by atoms with E-state index in [0.717, 1.165) is 35.0 Å². The van der Waals surface area contributed by atoms with E-state index >= 15 is 0 Å². The Morgan fingerprint density at radius 2 is 1.79 bits per heavy atom. The number of amides is 2. The number of nitrogens with zero attached hydrogens (tertiary/aromatic N) is 7. The summed E-state index contributed by atoms with van der Waals surface area (Å²) in [6, 6.07) is 10.0. The largest absolute Gasteiger partial charge is 0.416 e. The summed E-state index contributed by atoms with van der Waals surface area (Å²) in [5, 5.41) is 7.91. The van der Waals surface area contributed by atoms with Crippen molar-refractivity contribution in [1.82, 2.24) is 39.0 Å². The van der Waals surface area contributed by atoms with E-state index in [1.807, 2.05) is 45.0 Å². The highest BCUT2D eigenvalue weighted by Crippen LogP contribution is 2.50. The van der Waals surface area contributed by atoms with Crippen molar-refractivity contribution < 1.29 is 22.8 Å². The number of hydrogen-bond acceptors (Lipinski definition) is 7. The van der Waals surface area contributed by atoms with E-state index in [2.05, 4.69) is 25.4 Å². The molecule has 5 aromatic heterocycles. The summed E-state index contributed by atoms with van der Waals surface area (Å²) in [7, 11) is 0. The lowest BCUT2D eigenvalue weighted by Crippen LogP contribution is -2.46. The van der Waals surface area contributed by atoms with Gasteiger partial charge in [0.15, 0.2) is 11.5 Å². The van der Waals surface area contributed by atoms with Crippen LogP contribution in [-0.4, -0.2) is 63.9 Å². The fourth-order valence-electron chi connectivity index (χ4n) is 8.12. The standard InChI is InChI=1S/C37H33ClF3N9O3/c1-19-17-36(8-12-48(13-9-36)34(53)30-29-22(6-10-42-29)7-11-43-30)28-31(19)49(18-27(51)45-26-5-4-24(16-25(26)38)37(39,40)41)35-46-32(47-50(35)33(28)52)23-14-20(2)44-21(3)15-23/h4-7,10-11,14-16,19,42H,8-9,12-13,17-18H2,1-3H3,(H,45,51). The summed E-state index contributed by atoms with van der Waals surface area (Å²) < 4.78 is 42.7. The quantitative estimate of drug-likeness (QED) is 0.207. The molecule has 8 rings (SSSR count). The molecule has 1 spiro atoms. The van der Waals surface area contributed by atoms with Gasteiger partial charge in [-0.3, -0.25) is 19.4 Å². The van der Waals surface area contributed by atoms with Crippen molar-refractivity contribution in [3.8, 4) is 11.4 Å². The summed E-state index contributed by atoms with van der Waals surface area (Å²) in [6.45, 7) is 6.11. The van der Waals surface area contributed by atoms with E-state index in [1.54, 1.807) is 21.9 Å². The second-order valence-corrected chi connectivity index (χ2v) is 14.4. The fourth-order valence-corrected chi connectivity index (χ4v) is 8.35.